The summed E-state index contributed by atoms with van der Waals surface area (Å²) in [5, 5.41) is 5.43. The van der Waals surface area contributed by atoms with Crippen LogP contribution in [0.2, 0.25) is 0 Å². The maximum absolute atomic E-state index is 12.2. The van der Waals surface area contributed by atoms with E-state index in [2.05, 4.69) is 10.6 Å². The van der Waals surface area contributed by atoms with Crippen molar-refractivity contribution in [2.45, 2.75) is 25.8 Å². The Morgan fingerprint density at radius 3 is 2.58 bits per heavy atom. The molecule has 0 aliphatic carbocycles. The van der Waals surface area contributed by atoms with E-state index in [9.17, 15) is 9.59 Å². The van der Waals surface area contributed by atoms with E-state index >= 15 is 0 Å². The molecule has 5 heteroatoms. The lowest BCUT2D eigenvalue weighted by molar-refractivity contribution is -0.124. The minimum absolute atomic E-state index is 0.100. The molecule has 0 bridgehead atoms. The van der Waals surface area contributed by atoms with E-state index in [1.807, 2.05) is 31.2 Å². The van der Waals surface area contributed by atoms with Crippen LogP contribution in [0.15, 0.2) is 24.3 Å². The first kappa shape index (κ1) is 13.4. The van der Waals surface area contributed by atoms with Gasteiger partial charge in [0.05, 0.1) is 0 Å². The molecule has 1 aliphatic rings. The third kappa shape index (κ3) is 3.05. The van der Waals surface area contributed by atoms with Crippen LogP contribution < -0.4 is 10.6 Å². The Morgan fingerprint density at radius 2 is 1.95 bits per heavy atom. The summed E-state index contributed by atoms with van der Waals surface area (Å²) in [5.41, 5.74) is 1.89. The number of carbonyl (C=O) groups excluding carboxylic acids is 2. The molecule has 0 aromatic heterocycles. The monoisotopic (exact) mass is 261 g/mol. The fourth-order valence-corrected chi connectivity index (χ4v) is 2.28. The molecule has 0 spiro atoms. The van der Waals surface area contributed by atoms with Crippen LogP contribution in [-0.4, -0.2) is 36.5 Å². The van der Waals surface area contributed by atoms with Crippen molar-refractivity contribution in [3.8, 4) is 0 Å². The van der Waals surface area contributed by atoms with Crippen LogP contribution in [0.1, 0.15) is 18.4 Å². The third-order valence-electron chi connectivity index (χ3n) is 3.37. The number of rotatable bonds is 2. The molecule has 19 heavy (non-hydrogen) atoms. The summed E-state index contributed by atoms with van der Waals surface area (Å²) in [6.07, 6.45) is 1.58. The first-order chi connectivity index (χ1) is 9.11. The summed E-state index contributed by atoms with van der Waals surface area (Å²) >= 11 is 0. The molecule has 3 amide bonds. The Hall–Kier alpha value is -2.04. The van der Waals surface area contributed by atoms with E-state index in [0.717, 1.165) is 24.1 Å². The average Bonchev–Trinajstić information content (AvgIpc) is 2.90. The molecule has 5 nitrogen and oxygen atoms in total. The Morgan fingerprint density at radius 1 is 1.26 bits per heavy atom. The summed E-state index contributed by atoms with van der Waals surface area (Å²) in [6.45, 7) is 2.61. The summed E-state index contributed by atoms with van der Waals surface area (Å²) in [5.74, 6) is -0.100. The SMILES string of the molecule is CNC(=O)[C@H]1CCCN1C(=O)Nc1ccc(C)cc1. The number of hydrogen-bond acceptors (Lipinski definition) is 2. The van der Waals surface area contributed by atoms with E-state index in [1.54, 1.807) is 11.9 Å². The standard InChI is InChI=1S/C14H19N3O2/c1-10-5-7-11(8-6-10)16-14(19)17-9-3-4-12(17)13(18)15-2/h5-8,12H,3-4,9H2,1-2H3,(H,15,18)(H,16,19)/t12-/m1/s1. The molecule has 2 rings (SSSR count). The minimum Gasteiger partial charge on any atom is -0.357 e. The highest BCUT2D eigenvalue weighted by atomic mass is 16.2. The lowest BCUT2D eigenvalue weighted by atomic mass is 10.2. The van der Waals surface area contributed by atoms with Gasteiger partial charge in [0.25, 0.3) is 0 Å². The van der Waals surface area contributed by atoms with Gasteiger partial charge < -0.3 is 15.5 Å². The van der Waals surface area contributed by atoms with Crippen molar-refractivity contribution in [3.05, 3.63) is 29.8 Å². The van der Waals surface area contributed by atoms with Crippen LogP contribution in [0.5, 0.6) is 0 Å². The molecule has 1 heterocycles. The number of likely N-dealkylation sites (tertiary alicyclic amines) is 1. The highest BCUT2D eigenvalue weighted by Gasteiger charge is 2.33. The maximum Gasteiger partial charge on any atom is 0.322 e. The maximum atomic E-state index is 12.2. The number of nitrogens with zero attached hydrogens (tertiary/aromatic N) is 1. The van der Waals surface area contributed by atoms with Crippen LogP contribution in [0.3, 0.4) is 0 Å². The van der Waals surface area contributed by atoms with Crippen molar-refractivity contribution in [2.75, 3.05) is 18.9 Å². The Bertz CT molecular complexity index is 470. The van der Waals surface area contributed by atoms with Gasteiger partial charge in [-0.05, 0) is 31.9 Å². The molecule has 1 atom stereocenters. The Kier molecular flexibility index (Phi) is 4.04. The lowest BCUT2D eigenvalue weighted by Crippen LogP contribution is -2.46. The molecule has 102 valence electrons. The van der Waals surface area contributed by atoms with Crippen molar-refractivity contribution < 1.29 is 9.59 Å². The molecule has 1 aliphatic heterocycles. The van der Waals surface area contributed by atoms with Gasteiger partial charge in [-0.15, -0.1) is 0 Å². The number of anilines is 1. The quantitative estimate of drug-likeness (QED) is 0.851. The fourth-order valence-electron chi connectivity index (χ4n) is 2.28. The van der Waals surface area contributed by atoms with Crippen molar-refractivity contribution in [1.29, 1.82) is 0 Å². The molecule has 0 unspecified atom stereocenters. The second kappa shape index (κ2) is 5.73. The van der Waals surface area contributed by atoms with Crippen LogP contribution in [-0.2, 0) is 4.79 Å². The van der Waals surface area contributed by atoms with Gasteiger partial charge >= 0.3 is 6.03 Å². The Labute approximate surface area is 113 Å². The number of aryl methyl sites for hydroxylation is 1. The highest BCUT2D eigenvalue weighted by molar-refractivity contribution is 5.94. The van der Waals surface area contributed by atoms with Gasteiger partial charge in [0.2, 0.25) is 5.91 Å². The largest absolute Gasteiger partial charge is 0.357 e. The zero-order chi connectivity index (χ0) is 13.8. The minimum atomic E-state index is -0.351. The average molecular weight is 261 g/mol. The third-order valence-corrected chi connectivity index (χ3v) is 3.37. The predicted octanol–water partition coefficient (Wildman–Crippen LogP) is 1.74. The predicted molar refractivity (Wildman–Crippen MR) is 74.0 cm³/mol. The topological polar surface area (TPSA) is 61.4 Å². The fraction of sp³-hybridized carbons (Fsp3) is 0.429. The molecule has 1 fully saturated rings. The van der Waals surface area contributed by atoms with Crippen LogP contribution in [0, 0.1) is 6.92 Å². The van der Waals surface area contributed by atoms with Gasteiger partial charge in [-0.25, -0.2) is 4.79 Å². The number of hydrogen-bond donors (Lipinski definition) is 2. The summed E-state index contributed by atoms with van der Waals surface area (Å²) in [4.78, 5) is 25.5. The van der Waals surface area contributed by atoms with Crippen molar-refractivity contribution in [1.82, 2.24) is 10.2 Å². The van der Waals surface area contributed by atoms with E-state index < -0.39 is 0 Å². The van der Waals surface area contributed by atoms with Crippen molar-refractivity contribution >= 4 is 17.6 Å². The van der Waals surface area contributed by atoms with Gasteiger partial charge in [0.15, 0.2) is 0 Å². The van der Waals surface area contributed by atoms with Crippen LogP contribution in [0.4, 0.5) is 10.5 Å². The summed E-state index contributed by atoms with van der Waals surface area (Å²) in [7, 11) is 1.59. The normalized spacial score (nSPS) is 18.2. The summed E-state index contributed by atoms with van der Waals surface area (Å²) in [6, 6.07) is 7.03. The number of nitrogens with one attached hydrogen (secondary N) is 2. The van der Waals surface area contributed by atoms with Gasteiger partial charge in [-0.3, -0.25) is 4.79 Å². The zero-order valence-corrected chi connectivity index (χ0v) is 11.3. The second-order valence-electron chi connectivity index (χ2n) is 4.76. The molecule has 0 saturated carbocycles. The van der Waals surface area contributed by atoms with Crippen molar-refractivity contribution in [3.63, 3.8) is 0 Å². The van der Waals surface area contributed by atoms with E-state index in [1.165, 1.54) is 0 Å². The number of amides is 3. The molecular weight excluding hydrogens is 242 g/mol. The zero-order valence-electron chi connectivity index (χ0n) is 11.3. The van der Waals surface area contributed by atoms with E-state index in [-0.39, 0.29) is 18.0 Å². The smallest absolute Gasteiger partial charge is 0.322 e. The molecular formula is C14H19N3O2. The lowest BCUT2D eigenvalue weighted by Gasteiger charge is -2.23. The highest BCUT2D eigenvalue weighted by Crippen LogP contribution is 2.19. The molecule has 1 aromatic carbocycles. The van der Waals surface area contributed by atoms with E-state index in [0.29, 0.717) is 6.54 Å². The summed E-state index contributed by atoms with van der Waals surface area (Å²) < 4.78 is 0. The number of benzene rings is 1. The number of likely N-dealkylation sites (N-methyl/N-ethyl adjacent to an activating group) is 1. The first-order valence-electron chi connectivity index (χ1n) is 6.47. The van der Waals surface area contributed by atoms with Gasteiger partial charge in [0.1, 0.15) is 6.04 Å². The van der Waals surface area contributed by atoms with Gasteiger partial charge in [-0.2, -0.15) is 0 Å². The molecule has 0 radical (unpaired) electrons. The van der Waals surface area contributed by atoms with Crippen molar-refractivity contribution in [2.24, 2.45) is 0 Å². The van der Waals surface area contributed by atoms with Crippen LogP contribution >= 0.6 is 0 Å². The number of carbonyl (C=O) groups is 2. The van der Waals surface area contributed by atoms with Crippen LogP contribution in [0.25, 0.3) is 0 Å². The number of urea groups is 1. The molecule has 1 aromatic rings. The van der Waals surface area contributed by atoms with E-state index in [4.69, 9.17) is 0 Å². The van der Waals surface area contributed by atoms with Gasteiger partial charge in [-0.1, -0.05) is 17.7 Å². The Balaban J connectivity index is 2.03. The second-order valence-corrected chi connectivity index (χ2v) is 4.76. The van der Waals surface area contributed by atoms with Gasteiger partial charge in [0, 0.05) is 19.3 Å². The molecule has 2 N–H and O–H groups in total. The molecule has 1 saturated heterocycles. The first-order valence-corrected chi connectivity index (χ1v) is 6.47.